The van der Waals surface area contributed by atoms with Crippen molar-refractivity contribution in [2.24, 2.45) is 0 Å². The lowest BCUT2D eigenvalue weighted by molar-refractivity contribution is -0.0443. The molecule has 2 unspecified atom stereocenters. The summed E-state index contributed by atoms with van der Waals surface area (Å²) in [7, 11) is 0. The van der Waals surface area contributed by atoms with E-state index in [1.807, 2.05) is 43.9 Å². The van der Waals surface area contributed by atoms with Crippen molar-refractivity contribution >= 4 is 11.6 Å². The lowest BCUT2D eigenvalue weighted by Gasteiger charge is -2.38. The molecule has 1 N–H and O–H groups in total. The van der Waals surface area contributed by atoms with E-state index in [9.17, 15) is 4.79 Å². The van der Waals surface area contributed by atoms with Gasteiger partial charge in [-0.25, -0.2) is 0 Å². The van der Waals surface area contributed by atoms with Gasteiger partial charge in [-0.1, -0.05) is 13.0 Å². The topological polar surface area (TPSA) is 41.6 Å². The molecule has 1 heterocycles. The predicted molar refractivity (Wildman–Crippen MR) is 85.9 cm³/mol. The zero-order valence-electron chi connectivity index (χ0n) is 13.5. The number of aryl methyl sites for hydroxylation is 1. The van der Waals surface area contributed by atoms with Crippen LogP contribution < -0.4 is 5.32 Å². The van der Waals surface area contributed by atoms with E-state index < -0.39 is 0 Å². The maximum Gasteiger partial charge on any atom is 0.256 e. The maximum absolute atomic E-state index is 13.0. The number of hydrogen-bond donors (Lipinski definition) is 1. The summed E-state index contributed by atoms with van der Waals surface area (Å²) in [6, 6.07) is 6.15. The Hall–Kier alpha value is -1.55. The SMILES string of the molecule is CCNc1cc(C)ccc1C(=O)N1CC(C)OCC1CC. The Morgan fingerprint density at radius 1 is 1.43 bits per heavy atom. The highest BCUT2D eigenvalue weighted by Crippen LogP contribution is 2.23. The maximum atomic E-state index is 13.0. The third kappa shape index (κ3) is 3.56. The summed E-state index contributed by atoms with van der Waals surface area (Å²) in [5.41, 5.74) is 2.84. The molecular formula is C17H26N2O2. The van der Waals surface area contributed by atoms with Crippen LogP contribution in [0.5, 0.6) is 0 Å². The van der Waals surface area contributed by atoms with Crippen LogP contribution in [0.1, 0.15) is 43.1 Å². The molecule has 0 radical (unpaired) electrons. The van der Waals surface area contributed by atoms with Gasteiger partial charge in [0, 0.05) is 18.8 Å². The number of nitrogens with one attached hydrogen (secondary N) is 1. The molecule has 0 spiro atoms. The second-order valence-electron chi connectivity index (χ2n) is 5.74. The molecular weight excluding hydrogens is 264 g/mol. The monoisotopic (exact) mass is 290 g/mol. The molecule has 0 bridgehead atoms. The van der Waals surface area contributed by atoms with Gasteiger partial charge in [-0.15, -0.1) is 0 Å². The number of morpholine rings is 1. The summed E-state index contributed by atoms with van der Waals surface area (Å²) < 4.78 is 5.68. The van der Waals surface area contributed by atoms with Gasteiger partial charge in [0.15, 0.2) is 0 Å². The van der Waals surface area contributed by atoms with Gasteiger partial charge in [0.25, 0.3) is 5.91 Å². The summed E-state index contributed by atoms with van der Waals surface area (Å²) in [6.07, 6.45) is 1.02. The normalized spacial score (nSPS) is 22.2. The van der Waals surface area contributed by atoms with Crippen LogP contribution in [0.15, 0.2) is 18.2 Å². The molecule has 4 heteroatoms. The molecule has 4 nitrogen and oxygen atoms in total. The van der Waals surface area contributed by atoms with E-state index in [1.165, 1.54) is 0 Å². The summed E-state index contributed by atoms with van der Waals surface area (Å²) in [5.74, 6) is 0.105. The lowest BCUT2D eigenvalue weighted by atomic mass is 10.0. The Morgan fingerprint density at radius 2 is 2.19 bits per heavy atom. The molecule has 1 aliphatic heterocycles. The van der Waals surface area contributed by atoms with Crippen molar-refractivity contribution in [3.63, 3.8) is 0 Å². The number of ether oxygens (including phenoxy) is 1. The lowest BCUT2D eigenvalue weighted by Crippen LogP contribution is -2.51. The predicted octanol–water partition coefficient (Wildman–Crippen LogP) is 3.07. The smallest absolute Gasteiger partial charge is 0.256 e. The Labute approximate surface area is 127 Å². The average molecular weight is 290 g/mol. The van der Waals surface area contributed by atoms with E-state index in [2.05, 4.69) is 12.2 Å². The zero-order valence-corrected chi connectivity index (χ0v) is 13.5. The molecule has 0 aromatic heterocycles. The first-order valence-electron chi connectivity index (χ1n) is 7.83. The Balaban J connectivity index is 2.29. The van der Waals surface area contributed by atoms with Gasteiger partial charge < -0.3 is 15.0 Å². The quantitative estimate of drug-likeness (QED) is 0.926. The Morgan fingerprint density at radius 3 is 2.86 bits per heavy atom. The largest absolute Gasteiger partial charge is 0.385 e. The first-order chi connectivity index (χ1) is 10.1. The van der Waals surface area contributed by atoms with Crippen molar-refractivity contribution in [2.45, 2.75) is 46.3 Å². The van der Waals surface area contributed by atoms with E-state index in [0.717, 1.165) is 29.8 Å². The first-order valence-corrected chi connectivity index (χ1v) is 7.83. The molecule has 0 saturated carbocycles. The van der Waals surface area contributed by atoms with Crippen molar-refractivity contribution in [2.75, 3.05) is 25.0 Å². The van der Waals surface area contributed by atoms with Crippen molar-refractivity contribution < 1.29 is 9.53 Å². The Bertz CT molecular complexity index is 502. The fourth-order valence-corrected chi connectivity index (χ4v) is 2.77. The molecule has 1 fully saturated rings. The van der Waals surface area contributed by atoms with Crippen molar-refractivity contribution in [1.29, 1.82) is 0 Å². The fraction of sp³-hybridized carbons (Fsp3) is 0.588. The molecule has 1 amide bonds. The van der Waals surface area contributed by atoms with Gasteiger partial charge in [-0.2, -0.15) is 0 Å². The van der Waals surface area contributed by atoms with E-state index in [4.69, 9.17) is 4.74 Å². The summed E-state index contributed by atoms with van der Waals surface area (Å²) >= 11 is 0. The van der Waals surface area contributed by atoms with Crippen LogP contribution in [0.3, 0.4) is 0 Å². The second-order valence-corrected chi connectivity index (χ2v) is 5.74. The number of anilines is 1. The number of rotatable bonds is 4. The Kier molecular flexibility index (Phi) is 5.23. The standard InChI is InChI=1S/C17H26N2O2/c1-5-14-11-21-13(4)10-19(14)17(20)15-8-7-12(3)9-16(15)18-6-2/h7-9,13-14,18H,5-6,10-11H2,1-4H3. The van der Waals surface area contributed by atoms with E-state index in [0.29, 0.717) is 13.2 Å². The highest BCUT2D eigenvalue weighted by Gasteiger charge is 2.30. The van der Waals surface area contributed by atoms with Gasteiger partial charge in [-0.3, -0.25) is 4.79 Å². The van der Waals surface area contributed by atoms with Crippen LogP contribution in [0, 0.1) is 6.92 Å². The zero-order chi connectivity index (χ0) is 15.4. The van der Waals surface area contributed by atoms with E-state index in [-0.39, 0.29) is 18.1 Å². The molecule has 2 atom stereocenters. The fourth-order valence-electron chi connectivity index (χ4n) is 2.77. The number of nitrogens with zero attached hydrogens (tertiary/aromatic N) is 1. The third-order valence-electron chi connectivity index (χ3n) is 3.97. The molecule has 1 aliphatic rings. The molecule has 0 aliphatic carbocycles. The summed E-state index contributed by atoms with van der Waals surface area (Å²) in [5, 5.41) is 3.30. The third-order valence-corrected chi connectivity index (χ3v) is 3.97. The molecule has 2 rings (SSSR count). The van der Waals surface area contributed by atoms with E-state index >= 15 is 0 Å². The minimum Gasteiger partial charge on any atom is -0.385 e. The van der Waals surface area contributed by atoms with Gasteiger partial charge in [0.2, 0.25) is 0 Å². The molecule has 21 heavy (non-hydrogen) atoms. The average Bonchev–Trinajstić information content (AvgIpc) is 2.47. The number of carbonyl (C=O) groups is 1. The van der Waals surface area contributed by atoms with Crippen LogP contribution in [0.25, 0.3) is 0 Å². The molecule has 1 saturated heterocycles. The summed E-state index contributed by atoms with van der Waals surface area (Å²) in [6.45, 7) is 10.3. The van der Waals surface area contributed by atoms with Crippen LogP contribution in [-0.4, -0.2) is 42.6 Å². The molecule has 116 valence electrons. The number of amides is 1. The minimum atomic E-state index is 0.102. The van der Waals surface area contributed by atoms with Gasteiger partial charge >= 0.3 is 0 Å². The molecule has 1 aromatic carbocycles. The first kappa shape index (κ1) is 15.8. The van der Waals surface area contributed by atoms with E-state index in [1.54, 1.807) is 0 Å². The van der Waals surface area contributed by atoms with Gasteiger partial charge in [0.1, 0.15) is 0 Å². The van der Waals surface area contributed by atoms with Crippen LogP contribution in [0.4, 0.5) is 5.69 Å². The van der Waals surface area contributed by atoms with Gasteiger partial charge in [0.05, 0.1) is 24.3 Å². The van der Waals surface area contributed by atoms with Crippen LogP contribution in [-0.2, 0) is 4.74 Å². The summed E-state index contributed by atoms with van der Waals surface area (Å²) in [4.78, 5) is 14.9. The number of hydrogen-bond acceptors (Lipinski definition) is 3. The van der Waals surface area contributed by atoms with Crippen molar-refractivity contribution in [3.05, 3.63) is 29.3 Å². The second kappa shape index (κ2) is 6.94. The van der Waals surface area contributed by atoms with Crippen molar-refractivity contribution in [1.82, 2.24) is 4.90 Å². The number of benzene rings is 1. The van der Waals surface area contributed by atoms with Gasteiger partial charge in [-0.05, 0) is 44.9 Å². The molecule has 1 aromatic rings. The van der Waals surface area contributed by atoms with Crippen LogP contribution >= 0.6 is 0 Å². The van der Waals surface area contributed by atoms with Crippen LogP contribution in [0.2, 0.25) is 0 Å². The highest BCUT2D eigenvalue weighted by molar-refractivity contribution is 6.00. The number of carbonyl (C=O) groups excluding carboxylic acids is 1. The van der Waals surface area contributed by atoms with Crippen molar-refractivity contribution in [3.8, 4) is 0 Å². The minimum absolute atomic E-state index is 0.102. The highest BCUT2D eigenvalue weighted by atomic mass is 16.5.